The number of tetrazole rings is 1. The van der Waals surface area contributed by atoms with Crippen LogP contribution in [0.3, 0.4) is 0 Å². The third-order valence-corrected chi connectivity index (χ3v) is 5.57. The molecule has 32 heavy (non-hydrogen) atoms. The predicted octanol–water partition coefficient (Wildman–Crippen LogP) is 3.33. The molecule has 0 aliphatic carbocycles. The number of carbonyl (C=O) groups is 1. The zero-order chi connectivity index (χ0) is 22.3. The van der Waals surface area contributed by atoms with Crippen LogP contribution >= 0.6 is 0 Å². The van der Waals surface area contributed by atoms with Crippen LogP contribution in [-0.4, -0.2) is 46.5 Å². The Balaban J connectivity index is 1.49. The van der Waals surface area contributed by atoms with Gasteiger partial charge in [-0.1, -0.05) is 42.8 Å². The number of H-pyrrole nitrogens is 1. The number of hydrogen-bond donors (Lipinski definition) is 2. The number of rotatable bonds is 10. The lowest BCUT2D eigenvalue weighted by Gasteiger charge is -2.21. The van der Waals surface area contributed by atoms with Gasteiger partial charge in [-0.3, -0.25) is 14.5 Å². The Morgan fingerprint density at radius 1 is 1.09 bits per heavy atom. The molecule has 0 saturated carbocycles. The summed E-state index contributed by atoms with van der Waals surface area (Å²) in [5.74, 6) is -1.31. The molecule has 3 aromatic heterocycles. The number of aliphatic carboxylic acids is 1. The molecule has 0 aliphatic rings. The molecule has 0 saturated heterocycles. The summed E-state index contributed by atoms with van der Waals surface area (Å²) >= 11 is 0. The molecule has 0 spiro atoms. The molecule has 0 bridgehead atoms. The summed E-state index contributed by atoms with van der Waals surface area (Å²) in [6.45, 7) is 2.66. The Hall–Kier alpha value is -3.88. The van der Waals surface area contributed by atoms with E-state index in [1.54, 1.807) is 12.4 Å². The highest BCUT2D eigenvalue weighted by molar-refractivity contribution is 5.71. The summed E-state index contributed by atoms with van der Waals surface area (Å²) < 4.78 is 1.90. The Morgan fingerprint density at radius 3 is 2.53 bits per heavy atom. The first-order valence-electron chi connectivity index (χ1n) is 10.6. The van der Waals surface area contributed by atoms with Crippen molar-refractivity contribution in [2.24, 2.45) is 5.92 Å². The first-order valence-corrected chi connectivity index (χ1v) is 10.6. The zero-order valence-corrected chi connectivity index (χ0v) is 17.8. The quantitative estimate of drug-likeness (QED) is 0.395. The van der Waals surface area contributed by atoms with Crippen LogP contribution in [0.5, 0.6) is 0 Å². The van der Waals surface area contributed by atoms with Crippen LogP contribution in [0.15, 0.2) is 61.2 Å². The van der Waals surface area contributed by atoms with E-state index in [1.807, 2.05) is 60.4 Å². The predicted molar refractivity (Wildman–Crippen MR) is 118 cm³/mol. The smallest absolute Gasteiger partial charge is 0.307 e. The third kappa shape index (κ3) is 5.05. The maximum Gasteiger partial charge on any atom is 0.307 e. The molecule has 9 heteroatoms. The summed E-state index contributed by atoms with van der Waals surface area (Å²) in [5, 5.41) is 28.4. The van der Waals surface area contributed by atoms with Gasteiger partial charge in [-0.25, -0.2) is 0 Å². The number of aromatic amines is 1. The lowest BCUT2D eigenvalue weighted by molar-refractivity contribution is -0.142. The van der Waals surface area contributed by atoms with Crippen molar-refractivity contribution in [3.63, 3.8) is 0 Å². The molecule has 0 radical (unpaired) electrons. The summed E-state index contributed by atoms with van der Waals surface area (Å²) in [5.41, 5.74) is 4.23. The van der Waals surface area contributed by atoms with Crippen LogP contribution in [0, 0.1) is 5.92 Å². The number of hydrogen-bond acceptors (Lipinski definition) is 6. The molecule has 0 aliphatic heterocycles. The molecule has 0 fully saturated rings. The van der Waals surface area contributed by atoms with E-state index in [9.17, 15) is 9.90 Å². The maximum absolute atomic E-state index is 11.9. The van der Waals surface area contributed by atoms with Gasteiger partial charge in [0, 0.05) is 30.1 Å². The molecule has 9 nitrogen and oxygen atoms in total. The third-order valence-electron chi connectivity index (χ3n) is 5.57. The van der Waals surface area contributed by atoms with Crippen molar-refractivity contribution >= 4 is 5.97 Å². The lowest BCUT2D eigenvalue weighted by atomic mass is 9.83. The molecule has 2 N–H and O–H groups in total. The summed E-state index contributed by atoms with van der Waals surface area (Å²) in [4.78, 5) is 15.9. The van der Waals surface area contributed by atoms with Crippen molar-refractivity contribution in [2.75, 3.05) is 0 Å². The van der Waals surface area contributed by atoms with E-state index in [0.29, 0.717) is 25.2 Å². The minimum atomic E-state index is -0.833. The van der Waals surface area contributed by atoms with E-state index in [2.05, 4.69) is 30.7 Å². The van der Waals surface area contributed by atoms with E-state index in [1.165, 1.54) is 0 Å². The Bertz CT molecular complexity index is 1120. The highest BCUT2D eigenvalue weighted by atomic mass is 16.4. The number of carboxylic acids is 1. The number of nitrogens with zero attached hydrogens (tertiary/aromatic N) is 6. The number of pyridine rings is 1. The van der Waals surface area contributed by atoms with Crippen molar-refractivity contribution in [1.29, 1.82) is 0 Å². The minimum absolute atomic E-state index is 0.347. The van der Waals surface area contributed by atoms with Crippen LogP contribution in [0.2, 0.25) is 0 Å². The summed E-state index contributed by atoms with van der Waals surface area (Å²) in [6, 6.07) is 12.1. The number of benzene rings is 1. The summed E-state index contributed by atoms with van der Waals surface area (Å²) in [6.07, 6.45) is 9.26. The molecule has 4 rings (SSSR count). The number of carboxylic acid groups (broad SMARTS) is 1. The van der Waals surface area contributed by atoms with Crippen molar-refractivity contribution in [1.82, 2.24) is 35.4 Å². The van der Waals surface area contributed by atoms with E-state index < -0.39 is 11.9 Å². The molecule has 2 atom stereocenters. The number of nitrogens with one attached hydrogen (secondary N) is 1. The second kappa shape index (κ2) is 9.95. The van der Waals surface area contributed by atoms with Crippen LogP contribution < -0.4 is 0 Å². The fraction of sp³-hybridized carbons (Fsp3) is 0.304. The second-order valence-electron chi connectivity index (χ2n) is 7.79. The van der Waals surface area contributed by atoms with Gasteiger partial charge in [-0.2, -0.15) is 10.3 Å². The topological polar surface area (TPSA) is 122 Å². The molecule has 4 aromatic rings. The normalized spacial score (nSPS) is 13.0. The highest BCUT2D eigenvalue weighted by Crippen LogP contribution is 2.30. The van der Waals surface area contributed by atoms with Gasteiger partial charge in [0.1, 0.15) is 0 Å². The van der Waals surface area contributed by atoms with E-state index in [0.717, 1.165) is 28.7 Å². The van der Waals surface area contributed by atoms with Crippen molar-refractivity contribution in [3.8, 4) is 11.1 Å². The molecule has 3 heterocycles. The standard InChI is InChI=1S/C23H25N7O2/c1-2-3-20(23(31)32)21(22-26-28-29-27-22)12-16-4-6-18(7-5-16)19-13-25-30(15-19)14-17-8-10-24-11-9-17/h4-11,13,15,20-21H,2-3,12,14H2,1H3,(H,31,32)(H,26,27,28,29)/t20-,21-/m0/s1. The first kappa shape index (κ1) is 21.4. The van der Waals surface area contributed by atoms with Crippen LogP contribution in [-0.2, 0) is 17.8 Å². The molecule has 164 valence electrons. The van der Waals surface area contributed by atoms with Gasteiger partial charge < -0.3 is 5.11 Å². The maximum atomic E-state index is 11.9. The fourth-order valence-corrected chi connectivity index (χ4v) is 3.91. The largest absolute Gasteiger partial charge is 0.481 e. The molecular weight excluding hydrogens is 406 g/mol. The van der Waals surface area contributed by atoms with E-state index >= 15 is 0 Å². The molecular formula is C23H25N7O2. The average Bonchev–Trinajstić information content (AvgIpc) is 3.50. The molecule has 0 amide bonds. The van der Waals surface area contributed by atoms with Gasteiger partial charge in [0.05, 0.1) is 18.7 Å². The Morgan fingerprint density at radius 2 is 1.88 bits per heavy atom. The van der Waals surface area contributed by atoms with Gasteiger partial charge in [0.15, 0.2) is 5.82 Å². The van der Waals surface area contributed by atoms with Gasteiger partial charge in [0.2, 0.25) is 0 Å². The van der Waals surface area contributed by atoms with Crippen molar-refractivity contribution in [3.05, 3.63) is 78.1 Å². The van der Waals surface area contributed by atoms with Gasteiger partial charge in [0.25, 0.3) is 0 Å². The van der Waals surface area contributed by atoms with E-state index in [4.69, 9.17) is 0 Å². The van der Waals surface area contributed by atoms with Gasteiger partial charge in [-0.05, 0) is 41.7 Å². The Kier molecular flexibility index (Phi) is 6.64. The second-order valence-corrected chi connectivity index (χ2v) is 7.79. The minimum Gasteiger partial charge on any atom is -0.481 e. The average molecular weight is 432 g/mol. The van der Waals surface area contributed by atoms with E-state index in [-0.39, 0.29) is 5.92 Å². The first-order chi connectivity index (χ1) is 15.6. The Labute approximate surface area is 185 Å². The SMILES string of the molecule is CCC[C@H](C(=O)O)[C@H](Cc1ccc(-c2cnn(Cc3ccncc3)c2)cc1)c1nn[nH]n1. The van der Waals surface area contributed by atoms with Crippen LogP contribution in [0.4, 0.5) is 0 Å². The number of aromatic nitrogens is 7. The zero-order valence-electron chi connectivity index (χ0n) is 17.8. The molecule has 1 aromatic carbocycles. The summed E-state index contributed by atoms with van der Waals surface area (Å²) in [7, 11) is 0. The lowest BCUT2D eigenvalue weighted by Crippen LogP contribution is -2.25. The van der Waals surface area contributed by atoms with Gasteiger partial charge >= 0.3 is 5.97 Å². The van der Waals surface area contributed by atoms with Crippen LogP contribution in [0.25, 0.3) is 11.1 Å². The van der Waals surface area contributed by atoms with Gasteiger partial charge in [-0.15, -0.1) is 10.2 Å². The molecule has 0 unspecified atom stereocenters. The monoisotopic (exact) mass is 431 g/mol. The van der Waals surface area contributed by atoms with Crippen LogP contribution in [0.1, 0.15) is 42.6 Å². The van der Waals surface area contributed by atoms with Crippen molar-refractivity contribution in [2.45, 2.75) is 38.6 Å². The van der Waals surface area contributed by atoms with Crippen molar-refractivity contribution < 1.29 is 9.90 Å². The highest BCUT2D eigenvalue weighted by Gasteiger charge is 2.31. The fourth-order valence-electron chi connectivity index (χ4n) is 3.91.